The Morgan fingerprint density at radius 3 is 2.79 bits per heavy atom. The molecule has 0 aliphatic rings. The summed E-state index contributed by atoms with van der Waals surface area (Å²) in [6.45, 7) is 5.61. The topological polar surface area (TPSA) is 49.4 Å². The number of nitrogens with zero attached hydrogens (tertiary/aromatic N) is 1. The zero-order chi connectivity index (χ0) is 14.3. The molecule has 0 spiro atoms. The first-order valence-electron chi connectivity index (χ1n) is 6.66. The summed E-state index contributed by atoms with van der Waals surface area (Å²) in [7, 11) is -1.46. The lowest BCUT2D eigenvalue weighted by Crippen LogP contribution is -2.38. The van der Waals surface area contributed by atoms with Crippen LogP contribution < -0.4 is 5.32 Å². The lowest BCUT2D eigenvalue weighted by molar-refractivity contribution is 0.387. The molecule has 0 aliphatic heterocycles. The smallest absolute Gasteiger partial charge is 0.214 e. The van der Waals surface area contributed by atoms with Gasteiger partial charge in [-0.1, -0.05) is 13.0 Å². The van der Waals surface area contributed by atoms with Gasteiger partial charge >= 0.3 is 0 Å². The normalized spacial score (nSPS) is 13.9. The fourth-order valence-electron chi connectivity index (χ4n) is 1.82. The predicted octanol–water partition coefficient (Wildman–Crippen LogP) is 1.94. The van der Waals surface area contributed by atoms with Crippen molar-refractivity contribution in [2.24, 2.45) is 0 Å². The van der Waals surface area contributed by atoms with Gasteiger partial charge in [0.1, 0.15) is 0 Å². The number of nitrogens with one attached hydrogen (secondary N) is 1. The Labute approximate surface area is 120 Å². The van der Waals surface area contributed by atoms with Gasteiger partial charge in [-0.15, -0.1) is 11.3 Å². The van der Waals surface area contributed by atoms with E-state index >= 15 is 0 Å². The van der Waals surface area contributed by atoms with Gasteiger partial charge in [0.2, 0.25) is 10.0 Å². The highest BCUT2D eigenvalue weighted by Crippen LogP contribution is 2.15. The molecule has 6 heteroatoms. The SMILES string of the molecule is CCNCCCS(=O)(=O)N(C)C(C)Cc1cccs1. The van der Waals surface area contributed by atoms with Crippen LogP contribution in [-0.2, 0) is 16.4 Å². The van der Waals surface area contributed by atoms with Gasteiger partial charge in [-0.2, -0.15) is 0 Å². The molecule has 0 radical (unpaired) electrons. The van der Waals surface area contributed by atoms with E-state index in [0.29, 0.717) is 6.42 Å². The maximum Gasteiger partial charge on any atom is 0.214 e. The van der Waals surface area contributed by atoms with E-state index in [2.05, 4.69) is 5.32 Å². The summed E-state index contributed by atoms with van der Waals surface area (Å²) >= 11 is 1.67. The minimum absolute atomic E-state index is 0.00258. The highest BCUT2D eigenvalue weighted by atomic mass is 32.2. The molecule has 110 valence electrons. The van der Waals surface area contributed by atoms with Crippen molar-refractivity contribution in [2.75, 3.05) is 25.9 Å². The molecule has 0 saturated heterocycles. The monoisotopic (exact) mass is 304 g/mol. The molecule has 1 aromatic heterocycles. The van der Waals surface area contributed by atoms with Crippen molar-refractivity contribution in [1.82, 2.24) is 9.62 Å². The zero-order valence-electron chi connectivity index (χ0n) is 11.9. The van der Waals surface area contributed by atoms with Crippen molar-refractivity contribution < 1.29 is 8.42 Å². The van der Waals surface area contributed by atoms with Crippen molar-refractivity contribution in [2.45, 2.75) is 32.7 Å². The van der Waals surface area contributed by atoms with Crippen LogP contribution >= 0.6 is 11.3 Å². The van der Waals surface area contributed by atoms with Crippen LogP contribution in [0.2, 0.25) is 0 Å². The third-order valence-electron chi connectivity index (χ3n) is 3.14. The van der Waals surface area contributed by atoms with Crippen molar-refractivity contribution in [3.8, 4) is 0 Å². The van der Waals surface area contributed by atoms with Crippen molar-refractivity contribution in [3.05, 3.63) is 22.4 Å². The van der Waals surface area contributed by atoms with E-state index in [0.717, 1.165) is 19.5 Å². The molecule has 0 aromatic carbocycles. The average Bonchev–Trinajstić information content (AvgIpc) is 2.86. The molecule has 1 atom stereocenters. The molecule has 1 unspecified atom stereocenters. The predicted molar refractivity (Wildman–Crippen MR) is 82.2 cm³/mol. The Kier molecular flexibility index (Phi) is 6.99. The molecule has 19 heavy (non-hydrogen) atoms. The van der Waals surface area contributed by atoms with E-state index in [1.54, 1.807) is 18.4 Å². The molecule has 0 aliphatic carbocycles. The maximum absolute atomic E-state index is 12.2. The standard InChI is InChI=1S/C13H24N2O2S2/c1-4-14-8-6-10-19(16,17)15(3)12(2)11-13-7-5-9-18-13/h5,7,9,12,14H,4,6,8,10-11H2,1-3H3. The second kappa shape index (κ2) is 7.99. The van der Waals surface area contributed by atoms with E-state index in [4.69, 9.17) is 0 Å². The van der Waals surface area contributed by atoms with Crippen LogP contribution in [0.25, 0.3) is 0 Å². The van der Waals surface area contributed by atoms with Gasteiger partial charge in [0.25, 0.3) is 0 Å². The molecule has 0 fully saturated rings. The number of rotatable bonds is 9. The zero-order valence-corrected chi connectivity index (χ0v) is 13.6. The fourth-order valence-corrected chi connectivity index (χ4v) is 4.07. The van der Waals surface area contributed by atoms with Crippen LogP contribution in [0.4, 0.5) is 0 Å². The Balaban J connectivity index is 2.47. The summed E-state index contributed by atoms with van der Waals surface area (Å²) < 4.78 is 25.8. The number of sulfonamides is 1. The van der Waals surface area contributed by atoms with Gasteiger partial charge < -0.3 is 5.32 Å². The Hall–Kier alpha value is -0.430. The highest BCUT2D eigenvalue weighted by molar-refractivity contribution is 7.89. The van der Waals surface area contributed by atoms with Gasteiger partial charge in [-0.25, -0.2) is 12.7 Å². The average molecular weight is 304 g/mol. The van der Waals surface area contributed by atoms with Crippen LogP contribution in [0.1, 0.15) is 25.1 Å². The van der Waals surface area contributed by atoms with Crippen LogP contribution in [0.15, 0.2) is 17.5 Å². The van der Waals surface area contributed by atoms with Crippen molar-refractivity contribution >= 4 is 21.4 Å². The quantitative estimate of drug-likeness (QED) is 0.709. The number of hydrogen-bond acceptors (Lipinski definition) is 4. The van der Waals surface area contributed by atoms with Gasteiger partial charge in [-0.3, -0.25) is 0 Å². The van der Waals surface area contributed by atoms with Crippen LogP contribution in [0.3, 0.4) is 0 Å². The second-order valence-electron chi connectivity index (χ2n) is 4.67. The molecule has 4 nitrogen and oxygen atoms in total. The van der Waals surface area contributed by atoms with Gasteiger partial charge in [0, 0.05) is 18.0 Å². The lowest BCUT2D eigenvalue weighted by Gasteiger charge is -2.24. The molecule has 0 bridgehead atoms. The lowest BCUT2D eigenvalue weighted by atomic mass is 10.2. The highest BCUT2D eigenvalue weighted by Gasteiger charge is 2.22. The first-order valence-corrected chi connectivity index (χ1v) is 9.15. The van der Waals surface area contributed by atoms with E-state index < -0.39 is 10.0 Å². The van der Waals surface area contributed by atoms with E-state index in [-0.39, 0.29) is 11.8 Å². The largest absolute Gasteiger partial charge is 0.317 e. The Bertz CT molecular complexity index is 443. The summed E-state index contributed by atoms with van der Waals surface area (Å²) in [4.78, 5) is 1.22. The molecular weight excluding hydrogens is 280 g/mol. The summed E-state index contributed by atoms with van der Waals surface area (Å²) in [5.74, 6) is 0.214. The third kappa shape index (κ3) is 5.60. The summed E-state index contributed by atoms with van der Waals surface area (Å²) in [6.07, 6.45) is 1.44. The molecule has 1 heterocycles. The second-order valence-corrected chi connectivity index (χ2v) is 7.85. The first-order chi connectivity index (χ1) is 8.97. The van der Waals surface area contributed by atoms with E-state index in [1.807, 2.05) is 31.4 Å². The Morgan fingerprint density at radius 1 is 1.47 bits per heavy atom. The van der Waals surface area contributed by atoms with Crippen molar-refractivity contribution in [3.63, 3.8) is 0 Å². The number of likely N-dealkylation sites (N-methyl/N-ethyl adjacent to an activating group) is 1. The third-order valence-corrected chi connectivity index (χ3v) is 6.08. The summed E-state index contributed by atoms with van der Waals surface area (Å²) in [5, 5.41) is 5.16. The van der Waals surface area contributed by atoms with Crippen LogP contribution in [0.5, 0.6) is 0 Å². The Morgan fingerprint density at radius 2 is 2.21 bits per heavy atom. The van der Waals surface area contributed by atoms with Gasteiger partial charge in [0.15, 0.2) is 0 Å². The molecule has 0 amide bonds. The maximum atomic E-state index is 12.2. The minimum atomic E-state index is -3.15. The fraction of sp³-hybridized carbons (Fsp3) is 0.692. The molecular formula is C13H24N2O2S2. The van der Waals surface area contributed by atoms with E-state index in [9.17, 15) is 8.42 Å². The van der Waals surface area contributed by atoms with Gasteiger partial charge in [0.05, 0.1) is 5.75 Å². The van der Waals surface area contributed by atoms with Crippen molar-refractivity contribution in [1.29, 1.82) is 0 Å². The van der Waals surface area contributed by atoms with E-state index in [1.165, 1.54) is 9.18 Å². The molecule has 1 rings (SSSR count). The summed E-state index contributed by atoms with van der Waals surface area (Å²) in [6, 6.07) is 4.05. The molecule has 1 aromatic rings. The molecule has 0 saturated carbocycles. The number of thiophene rings is 1. The van der Waals surface area contributed by atoms with Crippen LogP contribution in [-0.4, -0.2) is 44.7 Å². The number of hydrogen-bond donors (Lipinski definition) is 1. The summed E-state index contributed by atoms with van der Waals surface area (Å²) in [5.41, 5.74) is 0. The minimum Gasteiger partial charge on any atom is -0.317 e. The van der Waals surface area contributed by atoms with Gasteiger partial charge in [-0.05, 0) is 44.3 Å². The molecule has 1 N–H and O–H groups in total. The first kappa shape index (κ1) is 16.6. The van der Waals surface area contributed by atoms with Crippen LogP contribution in [0, 0.1) is 0 Å².